The van der Waals surface area contributed by atoms with E-state index in [1.165, 1.54) is 28.6 Å². The second kappa shape index (κ2) is 8.11. The Bertz CT molecular complexity index is 1370. The van der Waals surface area contributed by atoms with Gasteiger partial charge in [0.1, 0.15) is 18.1 Å². The van der Waals surface area contributed by atoms with E-state index in [1.54, 1.807) is 12.0 Å². The highest BCUT2D eigenvalue weighted by atomic mass is 19.1. The molecule has 5 rings (SSSR count). The van der Waals surface area contributed by atoms with Crippen LogP contribution in [0.1, 0.15) is 24.3 Å². The minimum atomic E-state index is -0.502. The number of hydrogen-bond acceptors (Lipinski definition) is 4. The highest BCUT2D eigenvalue weighted by Crippen LogP contribution is 2.34. The number of likely N-dealkylation sites (tertiary alicyclic amines) is 1. The molecule has 2 aromatic carbocycles. The molecule has 1 aliphatic rings. The number of aromatic nitrogens is 3. The maximum absolute atomic E-state index is 13.5. The average molecular weight is 434 g/mol. The number of carbonyl (C=O) groups is 1. The van der Waals surface area contributed by atoms with Crippen LogP contribution in [0.3, 0.4) is 0 Å². The van der Waals surface area contributed by atoms with Crippen molar-refractivity contribution in [2.24, 2.45) is 0 Å². The summed E-state index contributed by atoms with van der Waals surface area (Å²) in [5.41, 5.74) is 2.31. The molecule has 0 radical (unpaired) electrons. The summed E-state index contributed by atoms with van der Waals surface area (Å²) in [4.78, 5) is 34.8. The molecule has 0 aliphatic carbocycles. The van der Waals surface area contributed by atoms with Crippen molar-refractivity contribution in [3.05, 3.63) is 70.7 Å². The van der Waals surface area contributed by atoms with Crippen LogP contribution in [-0.4, -0.2) is 45.5 Å². The zero-order valence-corrected chi connectivity index (χ0v) is 17.7. The van der Waals surface area contributed by atoms with Gasteiger partial charge in [-0.25, -0.2) is 9.37 Å². The van der Waals surface area contributed by atoms with Gasteiger partial charge in [0, 0.05) is 30.2 Å². The number of methoxy groups -OCH3 is 1. The van der Waals surface area contributed by atoms with Gasteiger partial charge in [-0.15, -0.1) is 0 Å². The molecule has 32 heavy (non-hydrogen) atoms. The number of nitrogens with zero attached hydrogens (tertiary/aromatic N) is 3. The Morgan fingerprint density at radius 1 is 1.19 bits per heavy atom. The number of aromatic amines is 1. The molecule has 1 fully saturated rings. The highest BCUT2D eigenvalue weighted by molar-refractivity contribution is 5.85. The van der Waals surface area contributed by atoms with Crippen molar-refractivity contribution in [1.82, 2.24) is 19.4 Å². The number of H-pyrrole nitrogens is 1. The fraction of sp³-hybridized carbons (Fsp3) is 0.292. The van der Waals surface area contributed by atoms with Crippen molar-refractivity contribution in [2.45, 2.75) is 25.3 Å². The van der Waals surface area contributed by atoms with Crippen molar-refractivity contribution >= 4 is 27.7 Å². The molecule has 0 atom stereocenters. The van der Waals surface area contributed by atoms with E-state index in [4.69, 9.17) is 4.74 Å². The van der Waals surface area contributed by atoms with Gasteiger partial charge in [0.15, 0.2) is 0 Å². The molecule has 0 spiro atoms. The Hall–Kier alpha value is -3.68. The lowest BCUT2D eigenvalue weighted by Crippen LogP contribution is -2.41. The van der Waals surface area contributed by atoms with Crippen LogP contribution < -0.4 is 10.3 Å². The Balaban J connectivity index is 1.29. The van der Waals surface area contributed by atoms with Gasteiger partial charge in [-0.1, -0.05) is 0 Å². The monoisotopic (exact) mass is 434 g/mol. The van der Waals surface area contributed by atoms with Crippen molar-refractivity contribution < 1.29 is 13.9 Å². The number of fused-ring (bicyclic) bond motifs is 2. The van der Waals surface area contributed by atoms with Gasteiger partial charge >= 0.3 is 0 Å². The molecule has 7 nitrogen and oxygen atoms in total. The summed E-state index contributed by atoms with van der Waals surface area (Å²) >= 11 is 0. The maximum atomic E-state index is 13.5. The minimum absolute atomic E-state index is 0.104. The standard InChI is InChI=1S/C24H23FN4O3/c1-32-17-3-5-21-18(11-17)20(12-26-21)15-6-8-28(9-7-15)23(30)13-29-14-27-22-4-2-16(25)10-19(22)24(29)31/h2-5,10-12,14-15,26H,6-9,13H2,1H3. The molecule has 1 aliphatic heterocycles. The summed E-state index contributed by atoms with van der Waals surface area (Å²) in [6.45, 7) is 1.13. The summed E-state index contributed by atoms with van der Waals surface area (Å²) < 4.78 is 20.1. The van der Waals surface area contributed by atoms with Gasteiger partial charge in [0.25, 0.3) is 5.56 Å². The van der Waals surface area contributed by atoms with Gasteiger partial charge in [-0.05, 0) is 60.7 Å². The zero-order chi connectivity index (χ0) is 22.2. The largest absolute Gasteiger partial charge is 0.497 e. The molecule has 1 saturated heterocycles. The summed E-state index contributed by atoms with van der Waals surface area (Å²) in [5.74, 6) is 0.523. The lowest BCUT2D eigenvalue weighted by atomic mass is 9.89. The first kappa shape index (κ1) is 20.2. The van der Waals surface area contributed by atoms with Crippen LogP contribution in [0.25, 0.3) is 21.8 Å². The zero-order valence-electron chi connectivity index (χ0n) is 17.7. The summed E-state index contributed by atoms with van der Waals surface area (Å²) in [5, 5.41) is 1.32. The van der Waals surface area contributed by atoms with Gasteiger partial charge in [0.2, 0.25) is 5.91 Å². The third-order valence-electron chi connectivity index (χ3n) is 6.30. The molecule has 164 valence electrons. The number of halogens is 1. The van der Waals surface area contributed by atoms with Crippen molar-refractivity contribution in [3.8, 4) is 5.75 Å². The summed E-state index contributed by atoms with van der Waals surface area (Å²) in [7, 11) is 1.66. The van der Waals surface area contributed by atoms with Crippen LogP contribution in [-0.2, 0) is 11.3 Å². The quantitative estimate of drug-likeness (QED) is 0.534. The SMILES string of the molecule is COc1ccc2[nH]cc(C3CCN(C(=O)Cn4cnc5ccc(F)cc5c4=O)CC3)c2c1. The lowest BCUT2D eigenvalue weighted by molar-refractivity contribution is -0.132. The number of amides is 1. The van der Waals surface area contributed by atoms with E-state index >= 15 is 0 Å². The molecule has 4 aromatic rings. The molecule has 1 N–H and O–H groups in total. The van der Waals surface area contributed by atoms with Crippen molar-refractivity contribution in [3.63, 3.8) is 0 Å². The van der Waals surface area contributed by atoms with E-state index in [2.05, 4.69) is 9.97 Å². The van der Waals surface area contributed by atoms with Crippen LogP contribution >= 0.6 is 0 Å². The number of nitrogens with one attached hydrogen (secondary N) is 1. The Morgan fingerprint density at radius 2 is 2.00 bits per heavy atom. The predicted molar refractivity (Wildman–Crippen MR) is 119 cm³/mol. The number of rotatable bonds is 4. The molecule has 0 saturated carbocycles. The van der Waals surface area contributed by atoms with Crippen LogP contribution in [0.4, 0.5) is 4.39 Å². The average Bonchev–Trinajstić information content (AvgIpc) is 3.24. The van der Waals surface area contributed by atoms with Crippen LogP contribution in [0.5, 0.6) is 5.75 Å². The first-order chi connectivity index (χ1) is 15.5. The normalized spacial score (nSPS) is 14.9. The minimum Gasteiger partial charge on any atom is -0.497 e. The number of hydrogen-bond donors (Lipinski definition) is 1. The van der Waals surface area contributed by atoms with E-state index in [9.17, 15) is 14.0 Å². The maximum Gasteiger partial charge on any atom is 0.261 e. The lowest BCUT2D eigenvalue weighted by Gasteiger charge is -2.32. The summed E-state index contributed by atoms with van der Waals surface area (Å²) in [6.07, 6.45) is 5.08. The Morgan fingerprint density at radius 3 is 2.78 bits per heavy atom. The molecule has 0 bridgehead atoms. The third-order valence-corrected chi connectivity index (χ3v) is 6.30. The molecule has 2 aromatic heterocycles. The molecule has 1 amide bonds. The van der Waals surface area contributed by atoms with Gasteiger partial charge in [-0.3, -0.25) is 14.2 Å². The van der Waals surface area contributed by atoms with E-state index in [0.717, 1.165) is 35.6 Å². The van der Waals surface area contributed by atoms with Crippen LogP contribution in [0.2, 0.25) is 0 Å². The third kappa shape index (κ3) is 3.62. The molecule has 3 heterocycles. The second-order valence-electron chi connectivity index (χ2n) is 8.15. The fourth-order valence-corrected chi connectivity index (χ4v) is 4.52. The van der Waals surface area contributed by atoms with E-state index < -0.39 is 11.4 Å². The predicted octanol–water partition coefficient (Wildman–Crippen LogP) is 3.43. The first-order valence-corrected chi connectivity index (χ1v) is 10.6. The Labute approximate surface area is 183 Å². The molecular weight excluding hydrogens is 411 g/mol. The van der Waals surface area contributed by atoms with E-state index in [1.807, 2.05) is 24.4 Å². The fourth-order valence-electron chi connectivity index (χ4n) is 4.52. The molecule has 8 heteroatoms. The summed E-state index contributed by atoms with van der Waals surface area (Å²) in [6, 6.07) is 9.87. The van der Waals surface area contributed by atoms with Crippen LogP contribution in [0, 0.1) is 5.82 Å². The number of benzene rings is 2. The van der Waals surface area contributed by atoms with Crippen molar-refractivity contribution in [2.75, 3.05) is 20.2 Å². The van der Waals surface area contributed by atoms with Gasteiger partial charge in [0.05, 0.1) is 24.3 Å². The van der Waals surface area contributed by atoms with E-state index in [0.29, 0.717) is 24.5 Å². The van der Waals surface area contributed by atoms with Crippen molar-refractivity contribution in [1.29, 1.82) is 0 Å². The van der Waals surface area contributed by atoms with Crippen LogP contribution in [0.15, 0.2) is 53.7 Å². The van der Waals surface area contributed by atoms with Gasteiger partial charge in [-0.2, -0.15) is 0 Å². The molecular formula is C24H23FN4O3. The Kier molecular flexibility index (Phi) is 5.13. The smallest absolute Gasteiger partial charge is 0.261 e. The number of ether oxygens (including phenoxy) is 1. The molecule has 0 unspecified atom stereocenters. The topological polar surface area (TPSA) is 80.2 Å². The first-order valence-electron chi connectivity index (χ1n) is 10.6. The highest BCUT2D eigenvalue weighted by Gasteiger charge is 2.26. The number of piperidine rings is 1. The number of carbonyl (C=O) groups excluding carboxylic acids is 1. The van der Waals surface area contributed by atoms with E-state index in [-0.39, 0.29) is 17.8 Å². The second-order valence-corrected chi connectivity index (χ2v) is 8.15. The van der Waals surface area contributed by atoms with Gasteiger partial charge < -0.3 is 14.6 Å².